The summed E-state index contributed by atoms with van der Waals surface area (Å²) in [5.74, 6) is -0.0314. The van der Waals surface area contributed by atoms with Gasteiger partial charge in [0, 0.05) is 18.9 Å². The summed E-state index contributed by atoms with van der Waals surface area (Å²) in [5, 5.41) is 0. The molecule has 1 aliphatic heterocycles. The molecule has 1 aliphatic rings. The van der Waals surface area contributed by atoms with Crippen molar-refractivity contribution in [3.05, 3.63) is 71.8 Å². The lowest BCUT2D eigenvalue weighted by molar-refractivity contribution is -0.129. The molecule has 0 aliphatic carbocycles. The maximum atomic E-state index is 12.5. The van der Waals surface area contributed by atoms with Crippen molar-refractivity contribution in [2.45, 2.75) is 19.4 Å². The van der Waals surface area contributed by atoms with Crippen molar-refractivity contribution >= 4 is 11.7 Å². The molecule has 0 spiro atoms. The molecule has 0 bridgehead atoms. The van der Waals surface area contributed by atoms with E-state index in [1.807, 2.05) is 65.6 Å². The zero-order chi connectivity index (χ0) is 15.5. The third-order valence-electron chi connectivity index (χ3n) is 4.28. The lowest BCUT2D eigenvalue weighted by Gasteiger charge is -2.29. The van der Waals surface area contributed by atoms with Gasteiger partial charge < -0.3 is 4.90 Å². The molecule has 0 radical (unpaired) electrons. The lowest BCUT2D eigenvalue weighted by Crippen LogP contribution is -2.31. The summed E-state index contributed by atoms with van der Waals surface area (Å²) in [5.41, 5.74) is 2.15. The van der Waals surface area contributed by atoms with Crippen LogP contribution in [0.15, 0.2) is 60.7 Å². The predicted octanol–water partition coefficient (Wildman–Crippen LogP) is 3.21. The van der Waals surface area contributed by atoms with Crippen LogP contribution >= 0.6 is 0 Å². The van der Waals surface area contributed by atoms with E-state index in [0.717, 1.165) is 11.1 Å². The van der Waals surface area contributed by atoms with Crippen LogP contribution < -0.4 is 0 Å². The second-order valence-corrected chi connectivity index (χ2v) is 5.78. The highest BCUT2D eigenvalue weighted by Gasteiger charge is 2.37. The highest BCUT2D eigenvalue weighted by molar-refractivity contribution is 5.89. The number of ketones is 1. The molecule has 2 aromatic rings. The number of hydrogen-bond donors (Lipinski definition) is 0. The van der Waals surface area contributed by atoms with Gasteiger partial charge in [-0.25, -0.2) is 0 Å². The van der Waals surface area contributed by atoms with E-state index in [2.05, 4.69) is 0 Å². The van der Waals surface area contributed by atoms with E-state index < -0.39 is 0 Å². The summed E-state index contributed by atoms with van der Waals surface area (Å²) in [6.45, 7) is 2.07. The van der Waals surface area contributed by atoms with E-state index in [9.17, 15) is 9.59 Å². The van der Waals surface area contributed by atoms with Gasteiger partial charge in [0.05, 0.1) is 6.04 Å². The SMILES string of the molecule is CC(=O)C1CC(=O)N(C(c2ccccc2)c2ccccc2)C1. The van der Waals surface area contributed by atoms with Gasteiger partial charge in [0.15, 0.2) is 0 Å². The van der Waals surface area contributed by atoms with Crippen molar-refractivity contribution in [1.82, 2.24) is 4.90 Å². The Balaban J connectivity index is 2.00. The molecule has 3 heteroatoms. The van der Waals surface area contributed by atoms with Crippen LogP contribution in [0.25, 0.3) is 0 Å². The average molecular weight is 293 g/mol. The summed E-state index contributed by atoms with van der Waals surface area (Å²) in [7, 11) is 0. The molecule has 3 rings (SSSR count). The van der Waals surface area contributed by atoms with Gasteiger partial charge in [-0.2, -0.15) is 0 Å². The Labute approximate surface area is 130 Å². The molecule has 1 amide bonds. The second-order valence-electron chi connectivity index (χ2n) is 5.78. The van der Waals surface area contributed by atoms with Crippen molar-refractivity contribution in [3.63, 3.8) is 0 Å². The van der Waals surface area contributed by atoms with Gasteiger partial charge in [0.25, 0.3) is 0 Å². The molecular formula is C19H19NO2. The van der Waals surface area contributed by atoms with Crippen LogP contribution in [0, 0.1) is 5.92 Å². The van der Waals surface area contributed by atoms with E-state index >= 15 is 0 Å². The first-order valence-electron chi connectivity index (χ1n) is 7.56. The van der Waals surface area contributed by atoms with Crippen LogP contribution in [-0.2, 0) is 9.59 Å². The fourth-order valence-corrected chi connectivity index (χ4v) is 3.08. The Hall–Kier alpha value is -2.42. The van der Waals surface area contributed by atoms with Gasteiger partial charge in [-0.15, -0.1) is 0 Å². The number of nitrogens with zero attached hydrogens (tertiary/aromatic N) is 1. The molecule has 22 heavy (non-hydrogen) atoms. The molecular weight excluding hydrogens is 274 g/mol. The van der Waals surface area contributed by atoms with Crippen LogP contribution in [0.3, 0.4) is 0 Å². The number of benzene rings is 2. The summed E-state index contributed by atoms with van der Waals surface area (Å²) in [6, 6.07) is 19.9. The van der Waals surface area contributed by atoms with E-state index in [1.54, 1.807) is 6.92 Å². The van der Waals surface area contributed by atoms with Crippen molar-refractivity contribution < 1.29 is 9.59 Å². The van der Waals surface area contributed by atoms with Crippen LogP contribution in [-0.4, -0.2) is 23.1 Å². The maximum absolute atomic E-state index is 12.5. The Morgan fingerprint density at radius 2 is 1.50 bits per heavy atom. The van der Waals surface area contributed by atoms with Crippen LogP contribution in [0.5, 0.6) is 0 Å². The minimum atomic E-state index is -0.178. The molecule has 1 atom stereocenters. The lowest BCUT2D eigenvalue weighted by atomic mass is 9.97. The Bertz CT molecular complexity index is 627. The van der Waals surface area contributed by atoms with Crippen LogP contribution in [0.4, 0.5) is 0 Å². The highest BCUT2D eigenvalue weighted by Crippen LogP contribution is 2.34. The summed E-state index contributed by atoms with van der Waals surface area (Å²) >= 11 is 0. The summed E-state index contributed by atoms with van der Waals surface area (Å²) < 4.78 is 0. The number of hydrogen-bond acceptors (Lipinski definition) is 2. The Morgan fingerprint density at radius 3 is 1.91 bits per heavy atom. The first-order chi connectivity index (χ1) is 10.7. The number of Topliss-reactive ketones (excluding diaryl/α,β-unsaturated/α-hetero) is 1. The van der Waals surface area contributed by atoms with E-state index in [-0.39, 0.29) is 23.7 Å². The molecule has 1 saturated heterocycles. The predicted molar refractivity (Wildman–Crippen MR) is 85.2 cm³/mol. The van der Waals surface area contributed by atoms with Crippen molar-refractivity contribution in [2.75, 3.05) is 6.54 Å². The summed E-state index contributed by atoms with van der Waals surface area (Å²) in [4.78, 5) is 25.9. The fourth-order valence-electron chi connectivity index (χ4n) is 3.08. The highest BCUT2D eigenvalue weighted by atomic mass is 16.2. The van der Waals surface area contributed by atoms with Gasteiger partial charge in [-0.3, -0.25) is 9.59 Å². The molecule has 1 heterocycles. The molecule has 0 aromatic heterocycles. The van der Waals surface area contributed by atoms with Gasteiger partial charge in [0.2, 0.25) is 5.91 Å². The average Bonchev–Trinajstić information content (AvgIpc) is 2.92. The van der Waals surface area contributed by atoms with Crippen molar-refractivity contribution in [2.24, 2.45) is 5.92 Å². The van der Waals surface area contributed by atoms with Gasteiger partial charge in [-0.05, 0) is 18.1 Å². The molecule has 2 aromatic carbocycles. The van der Waals surface area contributed by atoms with E-state index in [1.165, 1.54) is 0 Å². The van der Waals surface area contributed by atoms with Gasteiger partial charge >= 0.3 is 0 Å². The number of carbonyl (C=O) groups excluding carboxylic acids is 2. The first-order valence-corrected chi connectivity index (χ1v) is 7.56. The third kappa shape index (κ3) is 2.80. The zero-order valence-corrected chi connectivity index (χ0v) is 12.6. The zero-order valence-electron chi connectivity index (χ0n) is 12.6. The largest absolute Gasteiger partial charge is 0.331 e. The monoisotopic (exact) mass is 293 g/mol. The van der Waals surface area contributed by atoms with E-state index in [0.29, 0.717) is 13.0 Å². The maximum Gasteiger partial charge on any atom is 0.224 e. The first kappa shape index (κ1) is 14.5. The Morgan fingerprint density at radius 1 is 1.00 bits per heavy atom. The molecule has 0 saturated carbocycles. The van der Waals surface area contributed by atoms with Crippen molar-refractivity contribution in [3.8, 4) is 0 Å². The number of carbonyl (C=O) groups is 2. The molecule has 1 unspecified atom stereocenters. The third-order valence-corrected chi connectivity index (χ3v) is 4.28. The quantitative estimate of drug-likeness (QED) is 0.868. The van der Waals surface area contributed by atoms with Crippen LogP contribution in [0.2, 0.25) is 0 Å². The van der Waals surface area contributed by atoms with Crippen molar-refractivity contribution in [1.29, 1.82) is 0 Å². The molecule has 3 nitrogen and oxygen atoms in total. The molecule has 112 valence electrons. The summed E-state index contributed by atoms with van der Waals surface area (Å²) in [6.07, 6.45) is 0.325. The number of amides is 1. The number of rotatable bonds is 4. The topological polar surface area (TPSA) is 37.4 Å². The minimum Gasteiger partial charge on any atom is -0.331 e. The second kappa shape index (κ2) is 6.14. The minimum absolute atomic E-state index is 0.0536. The Kier molecular flexibility index (Phi) is 4.05. The normalized spacial score (nSPS) is 18.0. The fraction of sp³-hybridized carbons (Fsp3) is 0.263. The van der Waals surface area contributed by atoms with Gasteiger partial charge in [0.1, 0.15) is 5.78 Å². The smallest absolute Gasteiger partial charge is 0.224 e. The number of likely N-dealkylation sites (tertiary alicyclic amines) is 1. The molecule has 1 fully saturated rings. The van der Waals surface area contributed by atoms with Crippen LogP contribution in [0.1, 0.15) is 30.5 Å². The van der Waals surface area contributed by atoms with Gasteiger partial charge in [-0.1, -0.05) is 60.7 Å². The molecule has 0 N–H and O–H groups in total. The van der Waals surface area contributed by atoms with E-state index in [4.69, 9.17) is 0 Å². The standard InChI is InChI=1S/C19H19NO2/c1-14(21)17-12-18(22)20(13-17)19(15-8-4-2-5-9-15)16-10-6-3-7-11-16/h2-11,17,19H,12-13H2,1H3.